The molecule has 0 aliphatic rings. The first-order valence-electron chi connectivity index (χ1n) is 8.74. The van der Waals surface area contributed by atoms with E-state index in [1.807, 2.05) is 6.92 Å². The van der Waals surface area contributed by atoms with E-state index in [1.54, 1.807) is 11.3 Å². The molecular weight excluding hydrogens is 308 g/mol. The second kappa shape index (κ2) is 10.6. The quantitative estimate of drug-likeness (QED) is 0.452. The van der Waals surface area contributed by atoms with Gasteiger partial charge < -0.3 is 15.7 Å². The van der Waals surface area contributed by atoms with Crippen LogP contribution in [0.3, 0.4) is 0 Å². The van der Waals surface area contributed by atoms with Gasteiger partial charge >= 0.3 is 0 Å². The lowest BCUT2D eigenvalue weighted by Gasteiger charge is -2.28. The molecule has 1 aromatic rings. The van der Waals surface area contributed by atoms with Crippen molar-refractivity contribution in [3.63, 3.8) is 0 Å². The summed E-state index contributed by atoms with van der Waals surface area (Å²) in [5.41, 5.74) is 0.344. The highest BCUT2D eigenvalue weighted by atomic mass is 32.1. The monoisotopic (exact) mass is 340 g/mol. The Bertz CT molecular complexity index is 467. The molecule has 0 fully saturated rings. The zero-order valence-corrected chi connectivity index (χ0v) is 15.8. The van der Waals surface area contributed by atoms with Crippen molar-refractivity contribution < 1.29 is 5.11 Å². The first-order valence-corrected chi connectivity index (χ1v) is 9.62. The summed E-state index contributed by atoms with van der Waals surface area (Å²) >= 11 is 1.68. The van der Waals surface area contributed by atoms with Crippen molar-refractivity contribution in [3.8, 4) is 0 Å². The Labute approximate surface area is 144 Å². The summed E-state index contributed by atoms with van der Waals surface area (Å²) in [5.74, 6) is 0.740. The minimum atomic E-state index is -0.657. The lowest BCUT2D eigenvalue weighted by molar-refractivity contribution is 0.0257. The second-order valence-electron chi connectivity index (χ2n) is 5.86. The van der Waals surface area contributed by atoms with Crippen molar-refractivity contribution in [2.75, 3.05) is 13.1 Å². The molecule has 0 radical (unpaired) electrons. The van der Waals surface area contributed by atoms with Gasteiger partial charge in [-0.2, -0.15) is 0 Å². The van der Waals surface area contributed by atoms with Gasteiger partial charge in [-0.25, -0.2) is 9.98 Å². The van der Waals surface area contributed by atoms with Gasteiger partial charge in [0, 0.05) is 18.5 Å². The number of thiazole rings is 1. The number of aryl methyl sites for hydroxylation is 1. The van der Waals surface area contributed by atoms with E-state index in [2.05, 4.69) is 46.8 Å². The lowest BCUT2D eigenvalue weighted by Crippen LogP contribution is -2.47. The molecular formula is C17H32N4OS. The third kappa shape index (κ3) is 7.31. The summed E-state index contributed by atoms with van der Waals surface area (Å²) < 4.78 is 0. The Kier molecular flexibility index (Phi) is 9.17. The number of nitrogens with one attached hydrogen (secondary N) is 2. The van der Waals surface area contributed by atoms with E-state index in [9.17, 15) is 5.11 Å². The number of aliphatic hydroxyl groups is 1. The van der Waals surface area contributed by atoms with E-state index in [-0.39, 0.29) is 0 Å². The summed E-state index contributed by atoms with van der Waals surface area (Å²) in [7, 11) is 0. The number of hydrogen-bond donors (Lipinski definition) is 3. The van der Waals surface area contributed by atoms with Crippen LogP contribution in [0.2, 0.25) is 0 Å². The van der Waals surface area contributed by atoms with Crippen LogP contribution < -0.4 is 10.6 Å². The number of guanidine groups is 1. The van der Waals surface area contributed by atoms with Gasteiger partial charge in [-0.05, 0) is 26.2 Å². The number of aliphatic imine (C=N–C) groups is 1. The maximum Gasteiger partial charge on any atom is 0.191 e. The Morgan fingerprint density at radius 3 is 2.43 bits per heavy atom. The van der Waals surface area contributed by atoms with Crippen LogP contribution in [0, 0.1) is 0 Å². The van der Waals surface area contributed by atoms with Crippen molar-refractivity contribution in [3.05, 3.63) is 16.1 Å². The third-order valence-corrected chi connectivity index (χ3v) is 4.70. The maximum atomic E-state index is 10.7. The van der Waals surface area contributed by atoms with E-state index in [0.717, 1.165) is 55.3 Å². The van der Waals surface area contributed by atoms with Gasteiger partial charge in [0.1, 0.15) is 0 Å². The molecule has 1 aromatic heterocycles. The average molecular weight is 341 g/mol. The number of hydrogen-bond acceptors (Lipinski definition) is 4. The zero-order valence-electron chi connectivity index (χ0n) is 15.0. The molecule has 0 atom stereocenters. The highest BCUT2D eigenvalue weighted by Gasteiger charge is 2.24. The molecule has 0 unspecified atom stereocenters. The second-order valence-corrected chi connectivity index (χ2v) is 6.80. The first-order chi connectivity index (χ1) is 11.1. The maximum absolute atomic E-state index is 10.7. The molecule has 3 N–H and O–H groups in total. The molecule has 0 aliphatic heterocycles. The minimum Gasteiger partial charge on any atom is -0.388 e. The topological polar surface area (TPSA) is 69.5 Å². The van der Waals surface area contributed by atoms with Gasteiger partial charge in [-0.1, -0.05) is 33.6 Å². The standard InChI is InChI=1S/C17H32N4OS/c1-5-9-17(22,10-6-2)13-20-16(18-8-4)19-11-14-12-23-15(7-3)21-14/h12,22H,5-11,13H2,1-4H3,(H2,18,19,20). The van der Waals surface area contributed by atoms with Gasteiger partial charge in [0.25, 0.3) is 0 Å². The van der Waals surface area contributed by atoms with Crippen LogP contribution in [0.5, 0.6) is 0 Å². The molecule has 0 spiro atoms. The normalized spacial score (nSPS) is 12.5. The molecule has 0 aromatic carbocycles. The van der Waals surface area contributed by atoms with Gasteiger partial charge in [0.2, 0.25) is 0 Å². The molecule has 0 amide bonds. The van der Waals surface area contributed by atoms with Crippen LogP contribution in [0.1, 0.15) is 64.1 Å². The van der Waals surface area contributed by atoms with Crippen LogP contribution in [0.4, 0.5) is 0 Å². The number of rotatable bonds is 10. The SMILES string of the molecule is CCCC(O)(CCC)CNC(=NCc1csc(CC)n1)NCC. The fourth-order valence-corrected chi connectivity index (χ4v) is 3.30. The molecule has 0 saturated heterocycles. The van der Waals surface area contributed by atoms with E-state index < -0.39 is 5.60 Å². The molecule has 6 heteroatoms. The lowest BCUT2D eigenvalue weighted by atomic mass is 9.93. The van der Waals surface area contributed by atoms with Crippen molar-refractivity contribution in [2.45, 2.75) is 71.9 Å². The van der Waals surface area contributed by atoms with Crippen molar-refractivity contribution in [1.29, 1.82) is 0 Å². The molecule has 1 rings (SSSR count). The molecule has 0 bridgehead atoms. The van der Waals surface area contributed by atoms with Crippen LogP contribution in [-0.2, 0) is 13.0 Å². The molecule has 0 saturated carbocycles. The molecule has 5 nitrogen and oxygen atoms in total. The summed E-state index contributed by atoms with van der Waals surface area (Å²) in [6.07, 6.45) is 4.53. The van der Waals surface area contributed by atoms with Gasteiger partial charge in [-0.15, -0.1) is 11.3 Å². The first kappa shape index (κ1) is 19.9. The minimum absolute atomic E-state index is 0.526. The Balaban J connectivity index is 2.63. The van der Waals surface area contributed by atoms with Crippen molar-refractivity contribution in [2.24, 2.45) is 4.99 Å². The van der Waals surface area contributed by atoms with Crippen molar-refractivity contribution >= 4 is 17.3 Å². The highest BCUT2D eigenvalue weighted by Crippen LogP contribution is 2.18. The molecule has 23 heavy (non-hydrogen) atoms. The van der Waals surface area contributed by atoms with E-state index in [4.69, 9.17) is 0 Å². The third-order valence-electron chi connectivity index (χ3n) is 3.66. The fraction of sp³-hybridized carbons (Fsp3) is 0.765. The van der Waals surface area contributed by atoms with Crippen LogP contribution in [0.15, 0.2) is 10.4 Å². The summed E-state index contributed by atoms with van der Waals surface area (Å²) in [6, 6.07) is 0. The molecule has 132 valence electrons. The summed E-state index contributed by atoms with van der Waals surface area (Å²) in [6.45, 7) is 10.2. The van der Waals surface area contributed by atoms with Gasteiger partial charge in [0.15, 0.2) is 5.96 Å². The predicted molar refractivity (Wildman–Crippen MR) is 99.1 cm³/mol. The van der Waals surface area contributed by atoms with Crippen LogP contribution in [0.25, 0.3) is 0 Å². The predicted octanol–water partition coefficient (Wildman–Crippen LogP) is 3.09. The molecule has 0 aliphatic carbocycles. The van der Waals surface area contributed by atoms with Crippen molar-refractivity contribution in [1.82, 2.24) is 15.6 Å². The number of nitrogens with zero attached hydrogens (tertiary/aromatic N) is 2. The highest BCUT2D eigenvalue weighted by molar-refractivity contribution is 7.09. The van der Waals surface area contributed by atoms with E-state index >= 15 is 0 Å². The Morgan fingerprint density at radius 1 is 1.22 bits per heavy atom. The largest absolute Gasteiger partial charge is 0.388 e. The van der Waals surface area contributed by atoms with Gasteiger partial charge in [0.05, 0.1) is 22.8 Å². The van der Waals surface area contributed by atoms with Crippen LogP contribution in [-0.4, -0.2) is 34.7 Å². The van der Waals surface area contributed by atoms with E-state index in [1.165, 1.54) is 0 Å². The fourth-order valence-electron chi connectivity index (χ4n) is 2.57. The summed E-state index contributed by atoms with van der Waals surface area (Å²) in [4.78, 5) is 9.12. The number of aromatic nitrogens is 1. The van der Waals surface area contributed by atoms with Crippen LogP contribution >= 0.6 is 11.3 Å². The average Bonchev–Trinajstić information content (AvgIpc) is 2.99. The smallest absolute Gasteiger partial charge is 0.191 e. The summed E-state index contributed by atoms with van der Waals surface area (Å²) in [5, 5.41) is 20.4. The Morgan fingerprint density at radius 2 is 1.91 bits per heavy atom. The Hall–Kier alpha value is -1.14. The molecule has 1 heterocycles. The van der Waals surface area contributed by atoms with E-state index in [0.29, 0.717) is 13.1 Å². The zero-order chi connectivity index (χ0) is 17.1. The van der Waals surface area contributed by atoms with Gasteiger partial charge in [-0.3, -0.25) is 0 Å².